The highest BCUT2D eigenvalue weighted by Gasteiger charge is 2.32. The largest absolute Gasteiger partial charge is 0.468 e. The molecule has 6 rings (SSSR count). The second kappa shape index (κ2) is 9.33. The van der Waals surface area contributed by atoms with Gasteiger partial charge in [-0.25, -0.2) is 19.6 Å². The van der Waals surface area contributed by atoms with Gasteiger partial charge in [-0.3, -0.25) is 0 Å². The molecule has 0 spiro atoms. The fourth-order valence-corrected chi connectivity index (χ4v) is 4.49. The summed E-state index contributed by atoms with van der Waals surface area (Å²) in [7, 11) is 2.55. The molecule has 0 unspecified atom stereocenters. The van der Waals surface area contributed by atoms with Crippen LogP contribution in [-0.4, -0.2) is 30.2 Å². The number of carbonyl (C=O) groups is 1. The summed E-state index contributed by atoms with van der Waals surface area (Å²) in [6.07, 6.45) is 0. The summed E-state index contributed by atoms with van der Waals surface area (Å²) in [5.74, 6) is -0.738. The van der Waals surface area contributed by atoms with Crippen LogP contribution >= 0.6 is 0 Å². The number of aromatic nitrogens is 2. The Morgan fingerprint density at radius 1 is 0.737 bits per heavy atom. The second-order valence-corrected chi connectivity index (χ2v) is 8.40. The number of esters is 1. The Labute approximate surface area is 216 Å². The maximum atomic E-state index is 13.4. The molecule has 0 aliphatic carbocycles. The Morgan fingerprint density at radius 3 is 1.92 bits per heavy atom. The van der Waals surface area contributed by atoms with Crippen LogP contribution in [0.1, 0.15) is 10.4 Å². The topological polar surface area (TPSA) is 105 Å². The molecule has 0 saturated heterocycles. The summed E-state index contributed by atoms with van der Waals surface area (Å²) in [5, 5.41) is -0.0997. The van der Waals surface area contributed by atoms with Crippen LogP contribution < -0.4 is 10.4 Å². The van der Waals surface area contributed by atoms with E-state index in [4.69, 9.17) is 28.3 Å². The standard InChI is InChI=1S/C30H20N2O6/c1-35-28(33)22-21-27(38-30(22)36-2)23(26(37-29(21)34)18-13-7-4-8-14-18)25-24(17-11-5-3-6-12-17)31-19-15-9-10-16-20(19)32-25/h3-16H,1-2H3. The minimum absolute atomic E-state index is 0.0825. The molecule has 3 heterocycles. The molecule has 3 aromatic carbocycles. The first-order chi connectivity index (χ1) is 18.6. The summed E-state index contributed by atoms with van der Waals surface area (Å²) in [6, 6.07) is 26.2. The fourth-order valence-electron chi connectivity index (χ4n) is 4.49. The lowest BCUT2D eigenvalue weighted by atomic mass is 9.98. The number of nitrogens with zero attached hydrogens (tertiary/aromatic N) is 2. The zero-order valence-electron chi connectivity index (χ0n) is 20.4. The SMILES string of the molecule is COC(=O)c1c(OC)oc2c(-c3nc4ccccc4nc3-c3ccccc3)c(-c3ccccc3)oc(=O)c12. The molecule has 0 aliphatic rings. The quantitative estimate of drug-likeness (QED) is 0.258. The molecule has 8 nitrogen and oxygen atoms in total. The number of furan rings is 1. The number of hydrogen-bond acceptors (Lipinski definition) is 8. The molecule has 0 fully saturated rings. The van der Waals surface area contributed by atoms with Crippen LogP contribution in [0.4, 0.5) is 0 Å². The van der Waals surface area contributed by atoms with Crippen molar-refractivity contribution in [2.75, 3.05) is 14.2 Å². The van der Waals surface area contributed by atoms with E-state index in [1.165, 1.54) is 14.2 Å². The van der Waals surface area contributed by atoms with Crippen molar-refractivity contribution < 1.29 is 23.1 Å². The van der Waals surface area contributed by atoms with Gasteiger partial charge in [0.1, 0.15) is 11.1 Å². The smallest absolute Gasteiger partial charge is 0.348 e. The van der Waals surface area contributed by atoms with Crippen molar-refractivity contribution in [3.8, 4) is 39.8 Å². The normalized spacial score (nSPS) is 11.1. The molecule has 8 heteroatoms. The molecule has 38 heavy (non-hydrogen) atoms. The third-order valence-electron chi connectivity index (χ3n) is 6.19. The Morgan fingerprint density at radius 2 is 1.32 bits per heavy atom. The third-order valence-corrected chi connectivity index (χ3v) is 6.19. The van der Waals surface area contributed by atoms with Crippen LogP contribution in [-0.2, 0) is 4.74 Å². The number of rotatable bonds is 5. The lowest BCUT2D eigenvalue weighted by molar-refractivity contribution is 0.0596. The zero-order chi connectivity index (χ0) is 26.2. The van der Waals surface area contributed by atoms with Crippen molar-refractivity contribution in [2.24, 2.45) is 0 Å². The van der Waals surface area contributed by atoms with Gasteiger partial charge in [-0.1, -0.05) is 72.8 Å². The third kappa shape index (κ3) is 3.70. The van der Waals surface area contributed by atoms with E-state index in [1.54, 1.807) is 0 Å². The van der Waals surface area contributed by atoms with E-state index in [2.05, 4.69) is 0 Å². The number of carbonyl (C=O) groups excluding carboxylic acids is 1. The zero-order valence-corrected chi connectivity index (χ0v) is 20.4. The van der Waals surface area contributed by atoms with Gasteiger partial charge in [0.15, 0.2) is 16.9 Å². The molecule has 186 valence electrons. The molecule has 0 aliphatic heterocycles. The maximum Gasteiger partial charge on any atom is 0.348 e. The van der Waals surface area contributed by atoms with Gasteiger partial charge in [0.25, 0.3) is 0 Å². The van der Waals surface area contributed by atoms with E-state index >= 15 is 0 Å². The Balaban J connectivity index is 1.82. The van der Waals surface area contributed by atoms with Gasteiger partial charge in [-0.15, -0.1) is 0 Å². The average Bonchev–Trinajstić information content (AvgIpc) is 3.37. The van der Waals surface area contributed by atoms with Gasteiger partial charge in [-0.05, 0) is 12.1 Å². The summed E-state index contributed by atoms with van der Waals surface area (Å²) >= 11 is 0. The van der Waals surface area contributed by atoms with E-state index < -0.39 is 11.6 Å². The Kier molecular flexibility index (Phi) is 5.69. The van der Waals surface area contributed by atoms with Gasteiger partial charge < -0.3 is 18.3 Å². The van der Waals surface area contributed by atoms with Gasteiger partial charge in [0, 0.05) is 11.1 Å². The Hall–Kier alpha value is -5.24. The first kappa shape index (κ1) is 23.2. The lowest BCUT2D eigenvalue weighted by Crippen LogP contribution is -2.09. The minimum atomic E-state index is -0.792. The van der Waals surface area contributed by atoms with Crippen molar-refractivity contribution >= 4 is 28.0 Å². The van der Waals surface area contributed by atoms with Crippen molar-refractivity contribution in [3.63, 3.8) is 0 Å². The van der Waals surface area contributed by atoms with Crippen molar-refractivity contribution in [3.05, 3.63) is 101 Å². The molecule has 0 radical (unpaired) electrons. The van der Waals surface area contributed by atoms with Crippen LogP contribution in [0, 0.1) is 0 Å². The van der Waals surface area contributed by atoms with Crippen molar-refractivity contribution in [1.29, 1.82) is 0 Å². The predicted octanol–water partition coefficient (Wildman–Crippen LogP) is 6.13. The van der Waals surface area contributed by atoms with Gasteiger partial charge in [0.2, 0.25) is 0 Å². The van der Waals surface area contributed by atoms with E-state index in [1.807, 2.05) is 84.9 Å². The number of hydrogen-bond donors (Lipinski definition) is 0. The van der Waals surface area contributed by atoms with Crippen molar-refractivity contribution in [1.82, 2.24) is 9.97 Å². The van der Waals surface area contributed by atoms with Gasteiger partial charge in [-0.2, -0.15) is 0 Å². The maximum absolute atomic E-state index is 13.4. The monoisotopic (exact) mass is 504 g/mol. The molecule has 6 aromatic rings. The number of ether oxygens (including phenoxy) is 2. The number of para-hydroxylation sites is 2. The summed E-state index contributed by atoms with van der Waals surface area (Å²) < 4.78 is 22.2. The van der Waals surface area contributed by atoms with Crippen molar-refractivity contribution in [2.45, 2.75) is 0 Å². The van der Waals surface area contributed by atoms with E-state index in [-0.39, 0.29) is 28.2 Å². The van der Waals surface area contributed by atoms with Crippen LogP contribution in [0.3, 0.4) is 0 Å². The predicted molar refractivity (Wildman–Crippen MR) is 142 cm³/mol. The highest BCUT2D eigenvalue weighted by molar-refractivity contribution is 6.11. The van der Waals surface area contributed by atoms with Crippen LogP contribution in [0.5, 0.6) is 5.95 Å². The summed E-state index contributed by atoms with van der Waals surface area (Å²) in [6.45, 7) is 0. The van der Waals surface area contributed by atoms with Crippen LogP contribution in [0.2, 0.25) is 0 Å². The molecule has 0 amide bonds. The number of benzene rings is 3. The van der Waals surface area contributed by atoms with Crippen LogP contribution in [0.25, 0.3) is 55.8 Å². The molecule has 0 atom stereocenters. The summed E-state index contributed by atoms with van der Waals surface area (Å²) in [4.78, 5) is 36.0. The van der Waals surface area contributed by atoms with Gasteiger partial charge >= 0.3 is 17.5 Å². The lowest BCUT2D eigenvalue weighted by Gasteiger charge is -2.13. The molecule has 0 N–H and O–H groups in total. The highest BCUT2D eigenvalue weighted by Crippen LogP contribution is 2.44. The highest BCUT2D eigenvalue weighted by atomic mass is 16.6. The second-order valence-electron chi connectivity index (χ2n) is 8.40. The number of methoxy groups -OCH3 is 2. The fraction of sp³-hybridized carbons (Fsp3) is 0.0667. The van der Waals surface area contributed by atoms with Crippen LogP contribution in [0.15, 0.2) is 98.6 Å². The van der Waals surface area contributed by atoms with E-state index in [0.717, 1.165) is 5.56 Å². The molecule has 0 saturated carbocycles. The average molecular weight is 504 g/mol. The van der Waals surface area contributed by atoms with Gasteiger partial charge in [0.05, 0.1) is 36.5 Å². The summed E-state index contributed by atoms with van der Waals surface area (Å²) in [5.41, 5.74) is 3.21. The first-order valence-electron chi connectivity index (χ1n) is 11.7. The minimum Gasteiger partial charge on any atom is -0.468 e. The van der Waals surface area contributed by atoms with E-state index in [0.29, 0.717) is 33.5 Å². The molecule has 0 bridgehead atoms. The number of fused-ring (bicyclic) bond motifs is 2. The molecular weight excluding hydrogens is 484 g/mol. The first-order valence-corrected chi connectivity index (χ1v) is 11.7. The molecular formula is C30H20N2O6. The Bertz CT molecular complexity index is 1870. The molecule has 3 aromatic heterocycles. The van der Waals surface area contributed by atoms with E-state index in [9.17, 15) is 9.59 Å².